The van der Waals surface area contributed by atoms with Gasteiger partial charge in [0, 0.05) is 0 Å². The summed E-state index contributed by atoms with van der Waals surface area (Å²) < 4.78 is 0. The van der Waals surface area contributed by atoms with Crippen LogP contribution in [-0.2, 0) is 0 Å². The molecule has 0 amide bonds. The van der Waals surface area contributed by atoms with Crippen molar-refractivity contribution in [3.63, 3.8) is 0 Å². The van der Waals surface area contributed by atoms with Gasteiger partial charge in [0.2, 0.25) is 5.84 Å². The first-order chi connectivity index (χ1) is 5.42. The molecule has 11 heavy (non-hydrogen) atoms. The molecular formula is C5H3N5O. The zero-order valence-electron chi connectivity index (χ0n) is 5.34. The molecule has 0 saturated carbocycles. The van der Waals surface area contributed by atoms with Crippen molar-refractivity contribution in [2.24, 2.45) is 25.1 Å². The van der Waals surface area contributed by atoms with Gasteiger partial charge in [-0.1, -0.05) is 5.16 Å². The summed E-state index contributed by atoms with van der Waals surface area (Å²) in [6.45, 7) is 0. The number of oxime groups is 1. The van der Waals surface area contributed by atoms with Gasteiger partial charge >= 0.3 is 0 Å². The molecule has 0 aromatic carbocycles. The molecule has 0 fully saturated rings. The molecule has 0 spiro atoms. The van der Waals surface area contributed by atoms with E-state index in [1.165, 1.54) is 12.7 Å². The van der Waals surface area contributed by atoms with E-state index >= 15 is 0 Å². The molecule has 1 N–H and O–H groups in total. The van der Waals surface area contributed by atoms with Crippen molar-refractivity contribution in [1.29, 1.82) is 0 Å². The Hall–Kier alpha value is -1.85. The van der Waals surface area contributed by atoms with Crippen molar-refractivity contribution < 1.29 is 5.21 Å². The van der Waals surface area contributed by atoms with Gasteiger partial charge in [-0.15, -0.1) is 0 Å². The van der Waals surface area contributed by atoms with Gasteiger partial charge < -0.3 is 5.21 Å². The van der Waals surface area contributed by atoms with Gasteiger partial charge in [0.1, 0.15) is 12.7 Å². The van der Waals surface area contributed by atoms with Crippen molar-refractivity contribution in [3.05, 3.63) is 0 Å². The van der Waals surface area contributed by atoms with Gasteiger partial charge in [0.25, 0.3) is 0 Å². The highest BCUT2D eigenvalue weighted by Gasteiger charge is 2.20. The maximum Gasteiger partial charge on any atom is 0.222 e. The minimum atomic E-state index is 0.146. The van der Waals surface area contributed by atoms with Gasteiger partial charge in [0.05, 0.1) is 0 Å². The quantitative estimate of drug-likeness (QED) is 0.372. The number of amidine groups is 2. The summed E-state index contributed by atoms with van der Waals surface area (Å²) in [5.74, 6) is 0.584. The molecule has 0 unspecified atom stereocenters. The predicted octanol–water partition coefficient (Wildman–Crippen LogP) is -0.303. The van der Waals surface area contributed by atoms with Crippen LogP contribution >= 0.6 is 0 Å². The van der Waals surface area contributed by atoms with E-state index in [4.69, 9.17) is 5.21 Å². The second-order valence-corrected chi connectivity index (χ2v) is 1.84. The molecule has 0 aliphatic carbocycles. The van der Waals surface area contributed by atoms with Crippen molar-refractivity contribution in [2.75, 3.05) is 0 Å². The summed E-state index contributed by atoms with van der Waals surface area (Å²) in [6, 6.07) is 0. The number of hydrogen-bond acceptors (Lipinski definition) is 5. The molecule has 2 aliphatic heterocycles. The first-order valence-electron chi connectivity index (χ1n) is 2.85. The van der Waals surface area contributed by atoms with E-state index in [1.807, 2.05) is 0 Å². The summed E-state index contributed by atoms with van der Waals surface area (Å²) in [6.07, 6.45) is 2.61. The van der Waals surface area contributed by atoms with Crippen molar-refractivity contribution in [2.45, 2.75) is 0 Å². The van der Waals surface area contributed by atoms with Gasteiger partial charge in [0.15, 0.2) is 11.5 Å². The van der Waals surface area contributed by atoms with Crippen LogP contribution in [0.3, 0.4) is 0 Å². The van der Waals surface area contributed by atoms with Crippen LogP contribution in [-0.4, -0.2) is 35.3 Å². The third kappa shape index (κ3) is 0.759. The van der Waals surface area contributed by atoms with Crippen LogP contribution in [0.5, 0.6) is 0 Å². The standard InChI is InChI=1S/C5H3N5O/c11-10-5-3-4(7-1-6-3)8-2-9-5/h1-2,11H. The minimum absolute atomic E-state index is 0.146. The second kappa shape index (κ2) is 2.08. The number of nitrogens with zero attached hydrogens (tertiary/aromatic N) is 5. The molecule has 2 rings (SSSR count). The lowest BCUT2D eigenvalue weighted by molar-refractivity contribution is 0.319. The summed E-state index contributed by atoms with van der Waals surface area (Å²) in [4.78, 5) is 15.1. The van der Waals surface area contributed by atoms with Crippen LogP contribution in [0.4, 0.5) is 0 Å². The van der Waals surface area contributed by atoms with E-state index in [2.05, 4.69) is 25.1 Å². The Morgan fingerprint density at radius 2 is 2.00 bits per heavy atom. The summed E-state index contributed by atoms with van der Waals surface area (Å²) >= 11 is 0. The molecule has 0 radical (unpaired) electrons. The smallest absolute Gasteiger partial charge is 0.222 e. The van der Waals surface area contributed by atoms with Gasteiger partial charge in [-0.2, -0.15) is 0 Å². The van der Waals surface area contributed by atoms with E-state index in [0.29, 0.717) is 11.5 Å². The van der Waals surface area contributed by atoms with Crippen LogP contribution in [0.25, 0.3) is 0 Å². The first kappa shape index (κ1) is 5.90. The fourth-order valence-corrected chi connectivity index (χ4v) is 0.785. The second-order valence-electron chi connectivity index (χ2n) is 1.84. The van der Waals surface area contributed by atoms with E-state index in [9.17, 15) is 0 Å². The van der Waals surface area contributed by atoms with Crippen LogP contribution in [0.15, 0.2) is 25.1 Å². The Balaban J connectivity index is 2.50. The molecule has 0 aromatic heterocycles. The number of rotatable bonds is 0. The van der Waals surface area contributed by atoms with E-state index in [-0.39, 0.29) is 5.84 Å². The molecule has 54 valence electrons. The topological polar surface area (TPSA) is 82.0 Å². The van der Waals surface area contributed by atoms with Crippen LogP contribution in [0.2, 0.25) is 0 Å². The van der Waals surface area contributed by atoms with Crippen LogP contribution in [0, 0.1) is 0 Å². The minimum Gasteiger partial charge on any atom is -0.409 e. The van der Waals surface area contributed by atoms with Gasteiger partial charge in [-0.05, 0) is 0 Å². The number of aliphatic imine (C=N–C) groups is 4. The molecule has 6 heteroatoms. The molecule has 0 aromatic rings. The normalized spacial score (nSPS) is 23.5. The maximum atomic E-state index is 8.42. The Kier molecular flexibility index (Phi) is 1.12. The Bertz CT molecular complexity index is 335. The summed E-state index contributed by atoms with van der Waals surface area (Å²) in [5, 5.41) is 11.3. The lowest BCUT2D eigenvalue weighted by Gasteiger charge is -2.00. The summed E-state index contributed by atoms with van der Waals surface area (Å²) in [7, 11) is 0. The highest BCUT2D eigenvalue weighted by Crippen LogP contribution is 2.01. The average molecular weight is 149 g/mol. The van der Waals surface area contributed by atoms with E-state index in [1.54, 1.807) is 0 Å². The van der Waals surface area contributed by atoms with E-state index < -0.39 is 0 Å². The molecule has 2 heterocycles. The molecule has 6 nitrogen and oxygen atoms in total. The third-order valence-corrected chi connectivity index (χ3v) is 1.25. The van der Waals surface area contributed by atoms with Crippen molar-refractivity contribution in [3.8, 4) is 0 Å². The summed E-state index contributed by atoms with van der Waals surface area (Å²) in [5.41, 5.74) is 0.412. The molecule has 0 saturated heterocycles. The Morgan fingerprint density at radius 3 is 2.82 bits per heavy atom. The van der Waals surface area contributed by atoms with Gasteiger partial charge in [-0.25, -0.2) is 20.0 Å². The number of fused-ring (bicyclic) bond motifs is 1. The van der Waals surface area contributed by atoms with Gasteiger partial charge in [-0.3, -0.25) is 0 Å². The van der Waals surface area contributed by atoms with Crippen molar-refractivity contribution >= 4 is 30.1 Å². The highest BCUT2D eigenvalue weighted by atomic mass is 16.4. The van der Waals surface area contributed by atoms with Crippen LogP contribution < -0.4 is 0 Å². The van der Waals surface area contributed by atoms with Crippen LogP contribution in [0.1, 0.15) is 0 Å². The largest absolute Gasteiger partial charge is 0.409 e. The lowest BCUT2D eigenvalue weighted by atomic mass is 10.3. The predicted molar refractivity (Wildman–Crippen MR) is 41.1 cm³/mol. The average Bonchev–Trinajstić information content (AvgIpc) is 2.50. The fraction of sp³-hybridized carbons (Fsp3) is 0. The zero-order chi connectivity index (χ0) is 7.68. The first-order valence-corrected chi connectivity index (χ1v) is 2.85. The zero-order valence-corrected chi connectivity index (χ0v) is 5.34. The Labute approximate surface area is 61.4 Å². The maximum absolute atomic E-state index is 8.42. The SMILES string of the molecule is ON=C1N=CN=C2N=CN=C12. The molecule has 0 atom stereocenters. The number of hydrogen-bond donors (Lipinski definition) is 1. The third-order valence-electron chi connectivity index (χ3n) is 1.25. The monoisotopic (exact) mass is 149 g/mol. The van der Waals surface area contributed by atoms with Crippen molar-refractivity contribution in [1.82, 2.24) is 0 Å². The molecule has 2 aliphatic rings. The Morgan fingerprint density at radius 1 is 1.18 bits per heavy atom. The molecule has 0 bridgehead atoms. The van der Waals surface area contributed by atoms with E-state index in [0.717, 1.165) is 0 Å². The fourth-order valence-electron chi connectivity index (χ4n) is 0.785. The highest BCUT2D eigenvalue weighted by molar-refractivity contribution is 6.71. The molecular weight excluding hydrogens is 146 g/mol. The lowest BCUT2D eigenvalue weighted by Crippen LogP contribution is -2.22.